The number of ether oxygens (including phenoxy) is 2. The predicted octanol–water partition coefficient (Wildman–Crippen LogP) is 7.51. The number of hydrogen-bond acceptors (Lipinski definition) is 2. The Kier molecular flexibility index (Phi) is 9.16. The van der Waals surface area contributed by atoms with E-state index in [9.17, 15) is 13.2 Å². The minimum atomic E-state index is -4.05. The fraction of sp³-hybridized carbons (Fsp3) is 1.00. The molecule has 2 nitrogen and oxygen atoms in total. The molecule has 0 aromatic heterocycles. The Labute approximate surface area is 175 Å². The Morgan fingerprint density at radius 3 is 1.76 bits per heavy atom. The van der Waals surface area contributed by atoms with Crippen LogP contribution in [0.25, 0.3) is 0 Å². The molecule has 0 N–H and O–H groups in total. The van der Waals surface area contributed by atoms with E-state index >= 15 is 0 Å². The highest BCUT2D eigenvalue weighted by molar-refractivity contribution is 4.83. The second-order valence-electron chi connectivity index (χ2n) is 10.0. The zero-order valence-corrected chi connectivity index (χ0v) is 18.2. The Morgan fingerprint density at radius 2 is 1.21 bits per heavy atom. The van der Waals surface area contributed by atoms with E-state index in [2.05, 4.69) is 6.92 Å². The molecule has 3 fully saturated rings. The second-order valence-corrected chi connectivity index (χ2v) is 10.0. The van der Waals surface area contributed by atoms with Crippen LogP contribution in [0.2, 0.25) is 0 Å². The average molecular weight is 419 g/mol. The molecule has 0 bridgehead atoms. The molecule has 2 aliphatic carbocycles. The fourth-order valence-electron chi connectivity index (χ4n) is 5.92. The molecule has 0 aromatic rings. The molecule has 1 heterocycles. The van der Waals surface area contributed by atoms with Crippen LogP contribution in [-0.2, 0) is 9.47 Å². The van der Waals surface area contributed by atoms with E-state index in [1.54, 1.807) is 0 Å². The number of halogens is 3. The number of rotatable bonds is 8. The third-order valence-corrected chi connectivity index (χ3v) is 7.79. The maximum atomic E-state index is 12.3. The van der Waals surface area contributed by atoms with Gasteiger partial charge < -0.3 is 9.47 Å². The van der Waals surface area contributed by atoms with Crippen molar-refractivity contribution in [2.75, 3.05) is 13.2 Å². The molecular formula is C24H41F3O2. The summed E-state index contributed by atoms with van der Waals surface area (Å²) in [4.78, 5) is 0. The van der Waals surface area contributed by atoms with Crippen LogP contribution in [0.5, 0.6) is 0 Å². The van der Waals surface area contributed by atoms with E-state index in [1.165, 1.54) is 70.6 Å². The number of hydrogen-bond donors (Lipinski definition) is 0. The highest BCUT2D eigenvalue weighted by Gasteiger charge is 2.36. The molecule has 2 saturated carbocycles. The molecule has 0 radical (unpaired) electrons. The van der Waals surface area contributed by atoms with Crippen molar-refractivity contribution in [1.82, 2.24) is 0 Å². The Balaban J connectivity index is 1.29. The van der Waals surface area contributed by atoms with Crippen molar-refractivity contribution in [3.05, 3.63) is 0 Å². The van der Waals surface area contributed by atoms with Crippen LogP contribution in [0.3, 0.4) is 0 Å². The van der Waals surface area contributed by atoms with Gasteiger partial charge in [0, 0.05) is 18.3 Å². The molecule has 0 amide bonds. The molecule has 29 heavy (non-hydrogen) atoms. The van der Waals surface area contributed by atoms with Gasteiger partial charge in [-0.2, -0.15) is 13.2 Å². The molecule has 0 unspecified atom stereocenters. The molecule has 0 aromatic carbocycles. The molecule has 0 spiro atoms. The van der Waals surface area contributed by atoms with Gasteiger partial charge in [0.1, 0.15) is 0 Å². The number of alkyl halides is 3. The van der Waals surface area contributed by atoms with Gasteiger partial charge in [-0.25, -0.2) is 0 Å². The smallest absolute Gasteiger partial charge is 0.352 e. The van der Waals surface area contributed by atoms with Gasteiger partial charge in [-0.05, 0) is 69.1 Å². The van der Waals surface area contributed by atoms with E-state index in [-0.39, 0.29) is 18.6 Å². The first-order valence-electron chi connectivity index (χ1n) is 12.2. The van der Waals surface area contributed by atoms with Gasteiger partial charge >= 0.3 is 6.18 Å². The van der Waals surface area contributed by atoms with Gasteiger partial charge in [0.25, 0.3) is 0 Å². The van der Waals surface area contributed by atoms with Crippen LogP contribution in [0.1, 0.15) is 96.8 Å². The molecular weight excluding hydrogens is 377 g/mol. The summed E-state index contributed by atoms with van der Waals surface area (Å²) in [5.41, 5.74) is 0. The lowest BCUT2D eigenvalue weighted by Gasteiger charge is -2.41. The highest BCUT2D eigenvalue weighted by atomic mass is 19.4. The zero-order valence-electron chi connectivity index (χ0n) is 18.2. The van der Waals surface area contributed by atoms with Crippen molar-refractivity contribution in [3.8, 4) is 0 Å². The third kappa shape index (κ3) is 7.72. The van der Waals surface area contributed by atoms with Gasteiger partial charge in [-0.1, -0.05) is 39.0 Å². The predicted molar refractivity (Wildman–Crippen MR) is 110 cm³/mol. The van der Waals surface area contributed by atoms with Crippen LogP contribution in [0, 0.1) is 29.6 Å². The lowest BCUT2D eigenvalue weighted by molar-refractivity contribution is -0.231. The Hall–Kier alpha value is -0.290. The maximum absolute atomic E-state index is 12.3. The normalized spacial score (nSPS) is 36.8. The average Bonchev–Trinajstić information content (AvgIpc) is 2.72. The Bertz CT molecular complexity index is 444. The van der Waals surface area contributed by atoms with Crippen LogP contribution < -0.4 is 0 Å². The summed E-state index contributed by atoms with van der Waals surface area (Å²) in [5.74, 6) is 3.39. The van der Waals surface area contributed by atoms with Crippen LogP contribution in [-0.4, -0.2) is 25.7 Å². The van der Waals surface area contributed by atoms with Crippen LogP contribution in [0.4, 0.5) is 13.2 Å². The summed E-state index contributed by atoms with van der Waals surface area (Å²) in [6.45, 7) is 3.41. The van der Waals surface area contributed by atoms with E-state index in [1.807, 2.05) is 0 Å². The summed E-state index contributed by atoms with van der Waals surface area (Å²) in [5, 5.41) is 0. The first-order chi connectivity index (χ1) is 13.9. The molecule has 3 aliphatic rings. The first kappa shape index (κ1) is 23.4. The van der Waals surface area contributed by atoms with Crippen molar-refractivity contribution in [2.45, 2.75) is 109 Å². The molecule has 5 heteroatoms. The quantitative estimate of drug-likeness (QED) is 0.406. The van der Waals surface area contributed by atoms with E-state index in [0.717, 1.165) is 17.8 Å². The molecule has 1 saturated heterocycles. The highest BCUT2D eigenvalue weighted by Crippen LogP contribution is 2.43. The van der Waals surface area contributed by atoms with E-state index in [0.29, 0.717) is 25.6 Å². The van der Waals surface area contributed by atoms with Gasteiger partial charge in [0.2, 0.25) is 0 Å². The first-order valence-corrected chi connectivity index (χ1v) is 12.2. The fourth-order valence-corrected chi connectivity index (χ4v) is 5.92. The summed E-state index contributed by atoms with van der Waals surface area (Å²) in [6, 6.07) is 0. The minimum Gasteiger partial charge on any atom is -0.352 e. The topological polar surface area (TPSA) is 18.5 Å². The number of unbranched alkanes of at least 4 members (excludes halogenated alkanes) is 1. The van der Waals surface area contributed by atoms with Crippen molar-refractivity contribution in [1.29, 1.82) is 0 Å². The standard InChI is InChI=1S/C24H41F3O2/c1-2-3-5-18-7-9-20(10-8-18)21-11-13-22(14-12-21)23-28-16-19(17-29-23)6-4-15-24(25,26)27/h18-23H,2-17H2,1H3/t18-,19-,20-,21-,22-,23-. The summed E-state index contributed by atoms with van der Waals surface area (Å²) >= 11 is 0. The van der Waals surface area contributed by atoms with Crippen LogP contribution in [0.15, 0.2) is 0 Å². The second kappa shape index (κ2) is 11.4. The van der Waals surface area contributed by atoms with Crippen molar-refractivity contribution < 1.29 is 22.6 Å². The summed E-state index contributed by atoms with van der Waals surface area (Å²) in [6.07, 6.45) is 10.7. The van der Waals surface area contributed by atoms with Gasteiger partial charge in [-0.3, -0.25) is 0 Å². The largest absolute Gasteiger partial charge is 0.389 e. The minimum absolute atomic E-state index is 0.118. The van der Waals surface area contributed by atoms with E-state index in [4.69, 9.17) is 9.47 Å². The van der Waals surface area contributed by atoms with Gasteiger partial charge in [0.05, 0.1) is 13.2 Å². The molecule has 3 rings (SSSR count). The van der Waals surface area contributed by atoms with Gasteiger partial charge in [0.15, 0.2) is 6.29 Å². The molecule has 170 valence electrons. The SMILES string of the molecule is CCCC[C@H]1CC[C@H]([C@H]2CC[C@H]([C@H]3OC[C@H](CCCC(F)(F)F)CO3)CC2)CC1. The lowest BCUT2D eigenvalue weighted by Crippen LogP contribution is -2.39. The van der Waals surface area contributed by atoms with Crippen molar-refractivity contribution >= 4 is 0 Å². The summed E-state index contributed by atoms with van der Waals surface area (Å²) in [7, 11) is 0. The third-order valence-electron chi connectivity index (χ3n) is 7.79. The summed E-state index contributed by atoms with van der Waals surface area (Å²) < 4.78 is 48.7. The van der Waals surface area contributed by atoms with Gasteiger partial charge in [-0.15, -0.1) is 0 Å². The van der Waals surface area contributed by atoms with Crippen molar-refractivity contribution in [3.63, 3.8) is 0 Å². The Morgan fingerprint density at radius 1 is 0.690 bits per heavy atom. The van der Waals surface area contributed by atoms with E-state index < -0.39 is 12.6 Å². The monoisotopic (exact) mass is 418 g/mol. The zero-order chi connectivity index (χ0) is 20.7. The lowest BCUT2D eigenvalue weighted by atomic mass is 9.68. The van der Waals surface area contributed by atoms with Crippen molar-refractivity contribution in [2.24, 2.45) is 29.6 Å². The van der Waals surface area contributed by atoms with Crippen LogP contribution >= 0.6 is 0 Å². The maximum Gasteiger partial charge on any atom is 0.389 e. The molecule has 0 atom stereocenters. The molecule has 1 aliphatic heterocycles.